The van der Waals surface area contributed by atoms with Gasteiger partial charge in [-0.15, -0.1) is 0 Å². The minimum Gasteiger partial charge on any atom is -0.342 e. The molecule has 2 aliphatic heterocycles. The Morgan fingerprint density at radius 3 is 2.24 bits per heavy atom. The van der Waals surface area contributed by atoms with Crippen molar-refractivity contribution in [3.63, 3.8) is 0 Å². The summed E-state index contributed by atoms with van der Waals surface area (Å²) in [5.74, 6) is 0.512. The molecule has 112 valence electrons. The largest absolute Gasteiger partial charge is 0.342 e. The van der Waals surface area contributed by atoms with E-state index < -0.39 is 0 Å². The fourth-order valence-electron chi connectivity index (χ4n) is 3.11. The Labute approximate surface area is 125 Å². The van der Waals surface area contributed by atoms with Crippen LogP contribution in [0.3, 0.4) is 0 Å². The third-order valence-corrected chi connectivity index (χ3v) is 4.67. The molecule has 3 rings (SSSR count). The van der Waals surface area contributed by atoms with E-state index in [4.69, 9.17) is 0 Å². The highest BCUT2D eigenvalue weighted by Crippen LogP contribution is 2.23. The third kappa shape index (κ3) is 2.80. The van der Waals surface area contributed by atoms with Gasteiger partial charge in [-0.25, -0.2) is 0 Å². The van der Waals surface area contributed by atoms with E-state index in [0.29, 0.717) is 19.0 Å². The van der Waals surface area contributed by atoms with Crippen LogP contribution >= 0.6 is 0 Å². The van der Waals surface area contributed by atoms with Crippen LogP contribution in [0.2, 0.25) is 0 Å². The van der Waals surface area contributed by atoms with Crippen molar-refractivity contribution in [1.82, 2.24) is 9.80 Å². The monoisotopic (exact) mass is 286 g/mol. The van der Waals surface area contributed by atoms with Gasteiger partial charge in [-0.2, -0.15) is 0 Å². The first kappa shape index (κ1) is 14.1. The molecule has 21 heavy (non-hydrogen) atoms. The van der Waals surface area contributed by atoms with Crippen LogP contribution in [0.15, 0.2) is 24.3 Å². The standard InChI is InChI=1S/C17H22N2O2/c1-13-5-2-3-6-15(13)17(21)19-11-7-14(8-12-19)16(20)18-9-4-10-18/h2-3,5-6,14H,4,7-12H2,1H3. The van der Waals surface area contributed by atoms with E-state index in [0.717, 1.165) is 43.5 Å². The molecule has 0 bridgehead atoms. The maximum absolute atomic E-state index is 12.5. The van der Waals surface area contributed by atoms with Gasteiger partial charge in [0.25, 0.3) is 5.91 Å². The lowest BCUT2D eigenvalue weighted by atomic mass is 9.93. The fourth-order valence-corrected chi connectivity index (χ4v) is 3.11. The number of likely N-dealkylation sites (tertiary alicyclic amines) is 2. The minimum absolute atomic E-state index is 0.1000. The van der Waals surface area contributed by atoms with Crippen LogP contribution in [-0.2, 0) is 4.79 Å². The molecule has 0 radical (unpaired) electrons. The summed E-state index contributed by atoms with van der Waals surface area (Å²) < 4.78 is 0. The van der Waals surface area contributed by atoms with Gasteiger partial charge in [-0.3, -0.25) is 9.59 Å². The fraction of sp³-hybridized carbons (Fsp3) is 0.529. The van der Waals surface area contributed by atoms with Crippen molar-refractivity contribution < 1.29 is 9.59 Å². The number of piperidine rings is 1. The molecule has 0 spiro atoms. The van der Waals surface area contributed by atoms with Crippen molar-refractivity contribution in [3.05, 3.63) is 35.4 Å². The zero-order valence-electron chi connectivity index (χ0n) is 12.5. The zero-order valence-corrected chi connectivity index (χ0v) is 12.5. The van der Waals surface area contributed by atoms with Crippen molar-refractivity contribution in [2.24, 2.45) is 5.92 Å². The second-order valence-electron chi connectivity index (χ2n) is 6.06. The number of hydrogen-bond acceptors (Lipinski definition) is 2. The van der Waals surface area contributed by atoms with Crippen molar-refractivity contribution in [2.75, 3.05) is 26.2 Å². The molecule has 0 aromatic heterocycles. The van der Waals surface area contributed by atoms with E-state index in [2.05, 4.69) is 0 Å². The highest BCUT2D eigenvalue weighted by Gasteiger charge is 2.32. The molecule has 4 nitrogen and oxygen atoms in total. The van der Waals surface area contributed by atoms with Gasteiger partial charge in [0, 0.05) is 37.7 Å². The Balaban J connectivity index is 1.59. The first-order valence-corrected chi connectivity index (χ1v) is 7.80. The second kappa shape index (κ2) is 5.88. The molecular weight excluding hydrogens is 264 g/mol. The summed E-state index contributed by atoms with van der Waals surface area (Å²) >= 11 is 0. The molecule has 2 fully saturated rings. The quantitative estimate of drug-likeness (QED) is 0.835. The van der Waals surface area contributed by atoms with Gasteiger partial charge in [-0.05, 0) is 37.8 Å². The lowest BCUT2D eigenvalue weighted by Crippen LogP contribution is -2.48. The third-order valence-electron chi connectivity index (χ3n) is 4.67. The predicted octanol–water partition coefficient (Wildman–Crippen LogP) is 2.08. The van der Waals surface area contributed by atoms with Crippen LogP contribution in [0.4, 0.5) is 0 Å². The number of benzene rings is 1. The lowest BCUT2D eigenvalue weighted by Gasteiger charge is -2.37. The van der Waals surface area contributed by atoms with Crippen LogP contribution < -0.4 is 0 Å². The van der Waals surface area contributed by atoms with Gasteiger partial charge in [0.05, 0.1) is 0 Å². The van der Waals surface area contributed by atoms with Crippen LogP contribution in [-0.4, -0.2) is 47.8 Å². The molecule has 2 saturated heterocycles. The molecule has 4 heteroatoms. The average molecular weight is 286 g/mol. The molecule has 0 aliphatic carbocycles. The maximum atomic E-state index is 12.5. The van der Waals surface area contributed by atoms with Crippen LogP contribution in [0.25, 0.3) is 0 Å². The Morgan fingerprint density at radius 1 is 1.00 bits per heavy atom. The van der Waals surface area contributed by atoms with E-state index in [9.17, 15) is 9.59 Å². The van der Waals surface area contributed by atoms with Crippen LogP contribution in [0.5, 0.6) is 0 Å². The Bertz CT molecular complexity index is 543. The molecule has 0 saturated carbocycles. The maximum Gasteiger partial charge on any atom is 0.254 e. The molecule has 2 amide bonds. The van der Waals surface area contributed by atoms with E-state index in [1.807, 2.05) is 41.0 Å². The van der Waals surface area contributed by atoms with E-state index in [1.165, 1.54) is 0 Å². The normalized spacial score (nSPS) is 19.3. The number of amides is 2. The predicted molar refractivity (Wildman–Crippen MR) is 81.0 cm³/mol. The number of nitrogens with zero attached hydrogens (tertiary/aromatic N) is 2. The summed E-state index contributed by atoms with van der Waals surface area (Å²) in [6.07, 6.45) is 2.73. The molecule has 2 aliphatic rings. The molecule has 0 unspecified atom stereocenters. The zero-order chi connectivity index (χ0) is 14.8. The van der Waals surface area contributed by atoms with Crippen LogP contribution in [0.1, 0.15) is 35.2 Å². The second-order valence-corrected chi connectivity index (χ2v) is 6.06. The molecule has 1 aromatic rings. The number of carbonyl (C=O) groups is 2. The highest BCUT2D eigenvalue weighted by atomic mass is 16.2. The van der Waals surface area contributed by atoms with E-state index >= 15 is 0 Å². The van der Waals surface area contributed by atoms with Gasteiger partial charge in [0.15, 0.2) is 0 Å². The Morgan fingerprint density at radius 2 is 1.67 bits per heavy atom. The number of hydrogen-bond donors (Lipinski definition) is 0. The van der Waals surface area contributed by atoms with Crippen molar-refractivity contribution in [3.8, 4) is 0 Å². The number of aryl methyl sites for hydroxylation is 1. The van der Waals surface area contributed by atoms with Gasteiger partial charge >= 0.3 is 0 Å². The van der Waals surface area contributed by atoms with Crippen LogP contribution in [0, 0.1) is 12.8 Å². The van der Waals surface area contributed by atoms with Crippen molar-refractivity contribution >= 4 is 11.8 Å². The molecule has 1 aromatic carbocycles. The van der Waals surface area contributed by atoms with Gasteiger partial charge in [0.1, 0.15) is 0 Å². The highest BCUT2D eigenvalue weighted by molar-refractivity contribution is 5.95. The molecule has 0 N–H and O–H groups in total. The SMILES string of the molecule is Cc1ccccc1C(=O)N1CCC(C(=O)N2CCC2)CC1. The van der Waals surface area contributed by atoms with Gasteiger partial charge < -0.3 is 9.80 Å². The van der Waals surface area contributed by atoms with Gasteiger partial charge in [0.2, 0.25) is 5.91 Å². The van der Waals surface area contributed by atoms with E-state index in [1.54, 1.807) is 0 Å². The molecule has 0 atom stereocenters. The summed E-state index contributed by atoms with van der Waals surface area (Å²) in [7, 11) is 0. The van der Waals surface area contributed by atoms with Crippen molar-refractivity contribution in [1.29, 1.82) is 0 Å². The first-order chi connectivity index (χ1) is 10.2. The summed E-state index contributed by atoms with van der Waals surface area (Å²) in [4.78, 5) is 28.6. The summed E-state index contributed by atoms with van der Waals surface area (Å²) in [6, 6.07) is 7.70. The van der Waals surface area contributed by atoms with E-state index in [-0.39, 0.29) is 11.8 Å². The number of rotatable bonds is 2. The topological polar surface area (TPSA) is 40.6 Å². The first-order valence-electron chi connectivity index (χ1n) is 7.80. The summed E-state index contributed by atoms with van der Waals surface area (Å²) in [5.41, 5.74) is 1.80. The Kier molecular flexibility index (Phi) is 3.95. The molecule has 2 heterocycles. The lowest BCUT2D eigenvalue weighted by molar-refractivity contribution is -0.140. The Hall–Kier alpha value is -1.84. The summed E-state index contributed by atoms with van der Waals surface area (Å²) in [5, 5.41) is 0. The van der Waals surface area contributed by atoms with Crippen molar-refractivity contribution in [2.45, 2.75) is 26.2 Å². The smallest absolute Gasteiger partial charge is 0.254 e. The average Bonchev–Trinajstić information content (AvgIpc) is 2.45. The van der Waals surface area contributed by atoms with Gasteiger partial charge in [-0.1, -0.05) is 18.2 Å². The minimum atomic E-state index is 0.1000. The summed E-state index contributed by atoms with van der Waals surface area (Å²) in [6.45, 7) is 5.19. The number of carbonyl (C=O) groups excluding carboxylic acids is 2. The molecular formula is C17H22N2O2.